The zero-order valence-electron chi connectivity index (χ0n) is 20.6. The molecule has 0 spiro atoms. The molecule has 0 aliphatic carbocycles. The predicted octanol–water partition coefficient (Wildman–Crippen LogP) is 9.71. The van der Waals surface area contributed by atoms with Crippen molar-refractivity contribution in [3.8, 4) is 11.3 Å². The molecule has 1 nitrogen and oxygen atoms in total. The number of hydrogen-bond donors (Lipinski definition) is 0. The van der Waals surface area contributed by atoms with Crippen LogP contribution in [0.2, 0.25) is 0 Å². The van der Waals surface area contributed by atoms with Crippen molar-refractivity contribution in [1.82, 2.24) is 4.98 Å². The van der Waals surface area contributed by atoms with Gasteiger partial charge in [0.05, 0.1) is 11.9 Å². The first kappa shape index (κ1) is 20.1. The van der Waals surface area contributed by atoms with Gasteiger partial charge in [-0.05, 0) is 63.0 Å². The first-order chi connectivity index (χ1) is 18.0. The minimum atomic E-state index is -1.24. The van der Waals surface area contributed by atoms with Crippen LogP contribution in [0.5, 0.6) is 0 Å². The largest absolute Gasteiger partial charge is 0.253 e. The van der Waals surface area contributed by atoms with Gasteiger partial charge >= 0.3 is 0 Å². The van der Waals surface area contributed by atoms with Crippen molar-refractivity contribution in [3.63, 3.8) is 0 Å². The molecule has 172 valence electrons. The molecule has 3 heteroatoms. The maximum absolute atomic E-state index is 15.0. The van der Waals surface area contributed by atoms with Gasteiger partial charge in [0.15, 0.2) is 0 Å². The molecule has 0 fully saturated rings. The number of thiophene rings is 1. The molecule has 2 heterocycles. The van der Waals surface area contributed by atoms with Crippen molar-refractivity contribution in [1.29, 1.82) is 0 Å². The molecule has 0 saturated carbocycles. The van der Waals surface area contributed by atoms with Crippen molar-refractivity contribution in [2.75, 3.05) is 0 Å². The van der Waals surface area contributed by atoms with Crippen LogP contribution in [0.15, 0.2) is 109 Å². The Morgan fingerprint density at radius 2 is 1.47 bits per heavy atom. The Labute approximate surface area is 213 Å². The molecule has 7 aromatic rings. The molecule has 2 aromatic heterocycles. The molecule has 0 aliphatic rings. The van der Waals surface area contributed by atoms with Gasteiger partial charge in [-0.2, -0.15) is 0 Å². The SMILES string of the molecule is [2H]C(C)(c1ccccc1)c1cc(-c2cccc3c2sc2cc4cc5ccccc5cc4cc23)ncc1F. The molecule has 1 atom stereocenters. The Kier molecular flexibility index (Phi) is 4.62. The fourth-order valence-electron chi connectivity index (χ4n) is 5.15. The number of rotatable bonds is 3. The van der Waals surface area contributed by atoms with Gasteiger partial charge in [-0.25, -0.2) is 4.39 Å². The Balaban J connectivity index is 1.43. The van der Waals surface area contributed by atoms with Crippen molar-refractivity contribution < 1.29 is 5.76 Å². The summed E-state index contributed by atoms with van der Waals surface area (Å²) in [5.74, 6) is -1.71. The summed E-state index contributed by atoms with van der Waals surface area (Å²) in [4.78, 5) is 4.48. The maximum atomic E-state index is 15.0. The van der Waals surface area contributed by atoms with Crippen LogP contribution in [-0.4, -0.2) is 4.98 Å². The Morgan fingerprint density at radius 1 is 0.750 bits per heavy atom. The van der Waals surface area contributed by atoms with E-state index >= 15 is 4.39 Å². The zero-order chi connectivity index (χ0) is 25.1. The summed E-state index contributed by atoms with van der Waals surface area (Å²) in [6.45, 7) is 1.74. The standard InChI is InChI=1S/C33H22FNS/c1-20(21-8-3-2-4-9-21)28-18-31(35-19-30(28)34)27-13-7-12-26-29-16-24-14-22-10-5-6-11-23(22)15-25(24)17-32(29)36-33(26)27/h2-20H,1H3/i20D. The van der Waals surface area contributed by atoms with Crippen LogP contribution in [0, 0.1) is 5.82 Å². The van der Waals surface area contributed by atoms with Crippen molar-refractivity contribution in [3.05, 3.63) is 126 Å². The van der Waals surface area contributed by atoms with E-state index in [1.54, 1.807) is 24.3 Å². The Hall–Kier alpha value is -4.08. The summed E-state index contributed by atoms with van der Waals surface area (Å²) in [5, 5.41) is 7.27. The third-order valence-corrected chi connectivity index (χ3v) is 8.26. The van der Waals surface area contributed by atoms with Crippen LogP contribution in [-0.2, 0) is 0 Å². The molecule has 0 N–H and O–H groups in total. The number of nitrogens with zero attached hydrogens (tertiary/aromatic N) is 1. The van der Waals surface area contributed by atoms with Gasteiger partial charge in [0, 0.05) is 33.0 Å². The fraction of sp³-hybridized carbons (Fsp3) is 0.0606. The normalized spacial score (nSPS) is 13.9. The lowest BCUT2D eigenvalue weighted by atomic mass is 9.92. The lowest BCUT2D eigenvalue weighted by Crippen LogP contribution is -2.01. The van der Waals surface area contributed by atoms with E-state index in [9.17, 15) is 0 Å². The van der Waals surface area contributed by atoms with Crippen molar-refractivity contribution in [2.24, 2.45) is 0 Å². The lowest BCUT2D eigenvalue weighted by molar-refractivity contribution is 0.597. The minimum Gasteiger partial charge on any atom is -0.253 e. The van der Waals surface area contributed by atoms with Crippen molar-refractivity contribution >= 4 is 53.1 Å². The number of fused-ring (bicyclic) bond motifs is 5. The topological polar surface area (TPSA) is 12.9 Å². The monoisotopic (exact) mass is 484 g/mol. The van der Waals surface area contributed by atoms with E-state index in [0.717, 1.165) is 21.2 Å². The van der Waals surface area contributed by atoms with Gasteiger partial charge in [-0.15, -0.1) is 11.3 Å². The van der Waals surface area contributed by atoms with Gasteiger partial charge in [-0.1, -0.05) is 79.7 Å². The molecule has 0 saturated heterocycles. The fourth-order valence-corrected chi connectivity index (χ4v) is 6.41. The second-order valence-electron chi connectivity index (χ2n) is 9.22. The second-order valence-corrected chi connectivity index (χ2v) is 10.3. The van der Waals surface area contributed by atoms with Crippen LogP contribution in [0.3, 0.4) is 0 Å². The first-order valence-electron chi connectivity index (χ1n) is 12.5. The number of benzene rings is 5. The highest BCUT2D eigenvalue weighted by molar-refractivity contribution is 7.26. The Morgan fingerprint density at radius 3 is 2.25 bits per heavy atom. The van der Waals surface area contributed by atoms with Gasteiger partial charge in [0.25, 0.3) is 0 Å². The summed E-state index contributed by atoms with van der Waals surface area (Å²) >= 11 is 1.74. The van der Waals surface area contributed by atoms with Gasteiger partial charge in [0.1, 0.15) is 5.82 Å². The number of pyridine rings is 1. The van der Waals surface area contributed by atoms with Crippen LogP contribution in [0.25, 0.3) is 53.0 Å². The van der Waals surface area contributed by atoms with Crippen LogP contribution < -0.4 is 0 Å². The lowest BCUT2D eigenvalue weighted by Gasteiger charge is -2.14. The highest BCUT2D eigenvalue weighted by Crippen LogP contribution is 2.42. The molecule has 5 aromatic carbocycles. The zero-order valence-corrected chi connectivity index (χ0v) is 20.4. The van der Waals surface area contributed by atoms with Crippen LogP contribution >= 0.6 is 11.3 Å². The average Bonchev–Trinajstić information content (AvgIpc) is 3.28. The Bertz CT molecular complexity index is 1970. The van der Waals surface area contributed by atoms with Gasteiger partial charge in [-0.3, -0.25) is 4.98 Å². The average molecular weight is 485 g/mol. The number of hydrogen-bond acceptors (Lipinski definition) is 2. The summed E-state index contributed by atoms with van der Waals surface area (Å²) in [6, 6.07) is 34.9. The summed E-state index contributed by atoms with van der Waals surface area (Å²) in [7, 11) is 0. The molecule has 0 aliphatic heterocycles. The molecule has 1 unspecified atom stereocenters. The molecule has 36 heavy (non-hydrogen) atoms. The van der Waals surface area contributed by atoms with Crippen LogP contribution in [0.4, 0.5) is 4.39 Å². The highest BCUT2D eigenvalue weighted by atomic mass is 32.1. The number of halogens is 1. The van der Waals surface area contributed by atoms with Crippen molar-refractivity contribution in [2.45, 2.75) is 12.8 Å². The quantitative estimate of drug-likeness (QED) is 0.227. The molecule has 0 amide bonds. The number of aromatic nitrogens is 1. The third-order valence-electron chi connectivity index (χ3n) is 7.06. The highest BCUT2D eigenvalue weighted by Gasteiger charge is 2.17. The van der Waals surface area contributed by atoms with E-state index in [1.807, 2.05) is 42.5 Å². The predicted molar refractivity (Wildman–Crippen MR) is 151 cm³/mol. The third kappa shape index (κ3) is 3.39. The smallest absolute Gasteiger partial charge is 0.145 e. The summed E-state index contributed by atoms with van der Waals surface area (Å²) in [6.07, 6.45) is 1.26. The molecular weight excluding hydrogens is 461 g/mol. The van der Waals surface area contributed by atoms with E-state index in [4.69, 9.17) is 1.37 Å². The first-order valence-corrected chi connectivity index (χ1v) is 12.8. The van der Waals surface area contributed by atoms with Crippen LogP contribution in [0.1, 0.15) is 25.3 Å². The summed E-state index contributed by atoms with van der Waals surface area (Å²) < 4.78 is 26.4. The summed E-state index contributed by atoms with van der Waals surface area (Å²) in [5.41, 5.74) is 2.70. The van der Waals surface area contributed by atoms with E-state index in [2.05, 4.69) is 59.6 Å². The maximum Gasteiger partial charge on any atom is 0.145 e. The van der Waals surface area contributed by atoms with Gasteiger partial charge in [0.2, 0.25) is 0 Å². The molecule has 7 rings (SSSR count). The second kappa shape index (κ2) is 8.25. The van der Waals surface area contributed by atoms with Gasteiger partial charge < -0.3 is 0 Å². The van der Waals surface area contributed by atoms with E-state index < -0.39 is 11.7 Å². The molecule has 0 radical (unpaired) electrons. The van der Waals surface area contributed by atoms with E-state index in [-0.39, 0.29) is 0 Å². The molecule has 0 bridgehead atoms. The van der Waals surface area contributed by atoms with E-state index in [0.29, 0.717) is 11.3 Å². The molecular formula is C33H22FNS. The minimum absolute atomic E-state index is 0.319. The van der Waals surface area contributed by atoms with E-state index in [1.165, 1.54) is 37.8 Å².